The SMILES string of the molecule is CCCn1c(SCC(=O)Nc2cc(Cl)ccc2C)nnc1-c1csc(C)c1. The van der Waals surface area contributed by atoms with Crippen LogP contribution in [0.5, 0.6) is 0 Å². The van der Waals surface area contributed by atoms with E-state index in [1.807, 2.05) is 19.1 Å². The molecule has 0 aliphatic carbocycles. The zero-order valence-corrected chi connectivity index (χ0v) is 17.8. The Balaban J connectivity index is 1.71. The lowest BCUT2D eigenvalue weighted by Crippen LogP contribution is -2.15. The highest BCUT2D eigenvalue weighted by Crippen LogP contribution is 2.28. The smallest absolute Gasteiger partial charge is 0.234 e. The van der Waals surface area contributed by atoms with Gasteiger partial charge in [0.15, 0.2) is 11.0 Å². The summed E-state index contributed by atoms with van der Waals surface area (Å²) in [6.45, 7) is 6.94. The van der Waals surface area contributed by atoms with Gasteiger partial charge in [-0.1, -0.05) is 36.4 Å². The molecule has 0 saturated carbocycles. The number of thioether (sulfide) groups is 1. The lowest BCUT2D eigenvalue weighted by atomic mass is 10.2. The third-order valence-electron chi connectivity index (χ3n) is 3.96. The summed E-state index contributed by atoms with van der Waals surface area (Å²) in [7, 11) is 0. The molecule has 3 rings (SSSR count). The van der Waals surface area contributed by atoms with Gasteiger partial charge in [-0.15, -0.1) is 21.5 Å². The molecule has 0 atom stereocenters. The molecule has 0 spiro atoms. The van der Waals surface area contributed by atoms with Gasteiger partial charge in [0.05, 0.1) is 5.75 Å². The quantitative estimate of drug-likeness (QED) is 0.518. The van der Waals surface area contributed by atoms with Crippen LogP contribution in [0.4, 0.5) is 5.69 Å². The first-order chi connectivity index (χ1) is 13.0. The van der Waals surface area contributed by atoms with E-state index in [2.05, 4.69) is 45.4 Å². The number of amides is 1. The van der Waals surface area contributed by atoms with Gasteiger partial charge < -0.3 is 9.88 Å². The largest absolute Gasteiger partial charge is 0.325 e. The monoisotopic (exact) mass is 420 g/mol. The topological polar surface area (TPSA) is 59.8 Å². The minimum absolute atomic E-state index is 0.0932. The highest BCUT2D eigenvalue weighted by atomic mass is 35.5. The van der Waals surface area contributed by atoms with Gasteiger partial charge in [0.1, 0.15) is 0 Å². The number of nitrogens with one attached hydrogen (secondary N) is 1. The van der Waals surface area contributed by atoms with Crippen molar-refractivity contribution >= 4 is 46.3 Å². The van der Waals surface area contributed by atoms with Gasteiger partial charge in [0.25, 0.3) is 0 Å². The average molecular weight is 421 g/mol. The van der Waals surface area contributed by atoms with Gasteiger partial charge in [-0.25, -0.2) is 0 Å². The summed E-state index contributed by atoms with van der Waals surface area (Å²) in [6, 6.07) is 7.57. The molecule has 3 aromatic rings. The van der Waals surface area contributed by atoms with E-state index < -0.39 is 0 Å². The molecule has 0 bridgehead atoms. The summed E-state index contributed by atoms with van der Waals surface area (Å²) in [5.41, 5.74) is 2.78. The number of aryl methyl sites for hydroxylation is 2. The maximum atomic E-state index is 12.4. The van der Waals surface area contributed by atoms with Crippen molar-refractivity contribution in [3.05, 3.63) is 45.1 Å². The van der Waals surface area contributed by atoms with Crippen LogP contribution in [0.3, 0.4) is 0 Å². The van der Waals surface area contributed by atoms with Crippen LogP contribution in [-0.4, -0.2) is 26.4 Å². The van der Waals surface area contributed by atoms with Crippen LogP contribution in [0.15, 0.2) is 34.8 Å². The number of rotatable bonds is 7. The zero-order valence-electron chi connectivity index (χ0n) is 15.5. The zero-order chi connectivity index (χ0) is 19.4. The van der Waals surface area contributed by atoms with E-state index in [1.54, 1.807) is 17.4 Å². The Kier molecular flexibility index (Phi) is 6.57. The second-order valence-corrected chi connectivity index (χ2v) is 8.69. The molecule has 8 heteroatoms. The van der Waals surface area contributed by atoms with Gasteiger partial charge in [0.2, 0.25) is 5.91 Å². The molecule has 0 unspecified atom stereocenters. The molecule has 5 nitrogen and oxygen atoms in total. The molecular formula is C19H21ClN4OS2. The summed E-state index contributed by atoms with van der Waals surface area (Å²) in [6.07, 6.45) is 0.968. The summed E-state index contributed by atoms with van der Waals surface area (Å²) in [5, 5.41) is 15.0. The Morgan fingerprint density at radius 2 is 2.11 bits per heavy atom. The van der Waals surface area contributed by atoms with Crippen LogP contribution in [-0.2, 0) is 11.3 Å². The number of thiophene rings is 1. The molecule has 2 heterocycles. The van der Waals surface area contributed by atoms with Crippen molar-refractivity contribution < 1.29 is 4.79 Å². The summed E-state index contributed by atoms with van der Waals surface area (Å²) in [4.78, 5) is 13.6. The van der Waals surface area contributed by atoms with E-state index in [4.69, 9.17) is 11.6 Å². The minimum Gasteiger partial charge on any atom is -0.325 e. The van der Waals surface area contributed by atoms with Crippen LogP contribution in [0.25, 0.3) is 11.4 Å². The van der Waals surface area contributed by atoms with Crippen molar-refractivity contribution in [2.24, 2.45) is 0 Å². The molecule has 0 saturated heterocycles. The van der Waals surface area contributed by atoms with Gasteiger partial charge in [-0.3, -0.25) is 4.79 Å². The lowest BCUT2D eigenvalue weighted by molar-refractivity contribution is -0.113. The highest BCUT2D eigenvalue weighted by Gasteiger charge is 2.16. The second-order valence-electron chi connectivity index (χ2n) is 6.20. The van der Waals surface area contributed by atoms with Crippen LogP contribution in [0.2, 0.25) is 5.02 Å². The molecule has 27 heavy (non-hydrogen) atoms. The Morgan fingerprint density at radius 1 is 1.30 bits per heavy atom. The van der Waals surface area contributed by atoms with E-state index in [9.17, 15) is 4.79 Å². The third kappa shape index (κ3) is 4.91. The first-order valence-electron chi connectivity index (χ1n) is 8.65. The average Bonchev–Trinajstić information content (AvgIpc) is 3.23. The van der Waals surface area contributed by atoms with Gasteiger partial charge >= 0.3 is 0 Å². The standard InChI is InChI=1S/C19H21ClN4OS2/c1-4-7-24-18(14-8-13(3)26-10-14)22-23-19(24)27-11-17(25)21-16-9-15(20)6-5-12(16)2/h5-6,8-10H,4,7,11H2,1-3H3,(H,21,25). The number of carbonyl (C=O) groups excluding carboxylic acids is 1. The second kappa shape index (κ2) is 8.91. The summed E-state index contributed by atoms with van der Waals surface area (Å²) >= 11 is 9.10. The van der Waals surface area contributed by atoms with E-state index >= 15 is 0 Å². The molecule has 0 aliphatic heterocycles. The van der Waals surface area contributed by atoms with Crippen LogP contribution < -0.4 is 5.32 Å². The molecular weight excluding hydrogens is 400 g/mol. The maximum absolute atomic E-state index is 12.4. The van der Waals surface area contributed by atoms with Crippen LogP contribution >= 0.6 is 34.7 Å². The lowest BCUT2D eigenvalue weighted by Gasteiger charge is -2.10. The number of halogens is 1. The van der Waals surface area contributed by atoms with E-state index in [1.165, 1.54) is 16.6 Å². The Hall–Kier alpha value is -1.83. The first kappa shape index (κ1) is 19.9. The van der Waals surface area contributed by atoms with Crippen molar-refractivity contribution in [3.8, 4) is 11.4 Å². The fraction of sp³-hybridized carbons (Fsp3) is 0.316. The fourth-order valence-electron chi connectivity index (χ4n) is 2.64. The Labute approximate surface area is 172 Å². The predicted octanol–water partition coefficient (Wildman–Crippen LogP) is 5.42. The van der Waals surface area contributed by atoms with Crippen LogP contribution in [0.1, 0.15) is 23.8 Å². The minimum atomic E-state index is -0.0932. The number of nitrogens with zero attached hydrogens (tertiary/aromatic N) is 3. The normalized spacial score (nSPS) is 11.0. The molecule has 0 aliphatic rings. The van der Waals surface area contributed by atoms with Gasteiger partial charge in [-0.05, 0) is 44.0 Å². The molecule has 0 radical (unpaired) electrons. The number of benzene rings is 1. The van der Waals surface area contributed by atoms with Crippen LogP contribution in [0, 0.1) is 13.8 Å². The van der Waals surface area contributed by atoms with Crippen molar-refractivity contribution in [3.63, 3.8) is 0 Å². The van der Waals surface area contributed by atoms with E-state index in [0.717, 1.165) is 40.8 Å². The highest BCUT2D eigenvalue weighted by molar-refractivity contribution is 7.99. The first-order valence-corrected chi connectivity index (χ1v) is 10.9. The van der Waals surface area contributed by atoms with E-state index in [-0.39, 0.29) is 11.7 Å². The number of anilines is 1. The Morgan fingerprint density at radius 3 is 2.81 bits per heavy atom. The van der Waals surface area contributed by atoms with Crippen molar-refractivity contribution in [2.75, 3.05) is 11.1 Å². The molecule has 1 aromatic carbocycles. The maximum Gasteiger partial charge on any atom is 0.234 e. The van der Waals surface area contributed by atoms with Crippen molar-refractivity contribution in [1.29, 1.82) is 0 Å². The van der Waals surface area contributed by atoms with Gasteiger partial charge in [-0.2, -0.15) is 0 Å². The number of hydrogen-bond acceptors (Lipinski definition) is 5. The van der Waals surface area contributed by atoms with E-state index in [0.29, 0.717) is 5.02 Å². The predicted molar refractivity (Wildman–Crippen MR) is 114 cm³/mol. The number of hydrogen-bond donors (Lipinski definition) is 1. The molecule has 1 amide bonds. The Bertz CT molecular complexity index is 951. The molecule has 0 fully saturated rings. The number of carbonyl (C=O) groups is 1. The van der Waals surface area contributed by atoms with Gasteiger partial charge in [0, 0.05) is 33.1 Å². The molecule has 2 aromatic heterocycles. The van der Waals surface area contributed by atoms with Crippen molar-refractivity contribution in [2.45, 2.75) is 38.9 Å². The third-order valence-corrected chi connectivity index (χ3v) is 6.02. The fourth-order valence-corrected chi connectivity index (χ4v) is 4.26. The number of aromatic nitrogens is 3. The summed E-state index contributed by atoms with van der Waals surface area (Å²) < 4.78 is 2.09. The summed E-state index contributed by atoms with van der Waals surface area (Å²) in [5.74, 6) is 1.02. The molecule has 142 valence electrons. The van der Waals surface area contributed by atoms with Crippen molar-refractivity contribution in [1.82, 2.24) is 14.8 Å². The molecule has 1 N–H and O–H groups in total.